The van der Waals surface area contributed by atoms with Gasteiger partial charge in [0, 0.05) is 16.1 Å². The van der Waals surface area contributed by atoms with E-state index in [-0.39, 0.29) is 11.0 Å². The van der Waals surface area contributed by atoms with E-state index in [4.69, 9.17) is 0 Å². The number of nitrogens with zero attached hydrogens (tertiary/aromatic N) is 2. The highest BCUT2D eigenvalue weighted by atomic mass is 79.9. The van der Waals surface area contributed by atoms with Crippen LogP contribution in [0.1, 0.15) is 36.8 Å². The van der Waals surface area contributed by atoms with Gasteiger partial charge in [-0.3, -0.25) is 0 Å². The van der Waals surface area contributed by atoms with E-state index < -0.39 is 5.97 Å². The summed E-state index contributed by atoms with van der Waals surface area (Å²) < 4.78 is 2.58. The highest BCUT2D eigenvalue weighted by Crippen LogP contribution is 2.25. The zero-order valence-corrected chi connectivity index (χ0v) is 12.6. The van der Waals surface area contributed by atoms with Gasteiger partial charge in [0.15, 0.2) is 0 Å². The Balaban J connectivity index is 2.55. The summed E-state index contributed by atoms with van der Waals surface area (Å²) in [6, 6.07) is 7.56. The summed E-state index contributed by atoms with van der Waals surface area (Å²) in [6.45, 7) is 5.86. The van der Waals surface area contributed by atoms with Crippen LogP contribution in [-0.4, -0.2) is 20.9 Å². The molecule has 0 saturated heterocycles. The minimum atomic E-state index is -0.951. The van der Waals surface area contributed by atoms with Gasteiger partial charge in [-0.2, -0.15) is 5.10 Å². The fourth-order valence-corrected chi connectivity index (χ4v) is 2.07. The van der Waals surface area contributed by atoms with Crippen LogP contribution in [0.25, 0.3) is 5.69 Å². The molecule has 1 aromatic carbocycles. The SMILES string of the molecule is CC(C)(C)c1nn(-c2ccc(Br)cc2)cc1C(=O)O. The standard InChI is InChI=1S/C14H15BrN2O2/c1-14(2,3)12-11(13(18)19)8-17(16-12)10-6-4-9(15)5-7-10/h4-8H,1-3H3,(H,18,19). The molecule has 0 radical (unpaired) electrons. The maximum absolute atomic E-state index is 11.3. The summed E-state index contributed by atoms with van der Waals surface area (Å²) in [5.41, 5.74) is 1.36. The van der Waals surface area contributed by atoms with Gasteiger partial charge in [-0.1, -0.05) is 36.7 Å². The molecule has 0 aliphatic heterocycles. The Kier molecular flexibility index (Phi) is 3.49. The van der Waals surface area contributed by atoms with Crippen LogP contribution in [0.15, 0.2) is 34.9 Å². The molecule has 5 heteroatoms. The lowest BCUT2D eigenvalue weighted by Crippen LogP contribution is -2.16. The first-order chi connectivity index (χ1) is 8.79. The quantitative estimate of drug-likeness (QED) is 0.918. The minimum absolute atomic E-state index is 0.246. The zero-order chi connectivity index (χ0) is 14.2. The first-order valence-electron chi connectivity index (χ1n) is 5.88. The van der Waals surface area contributed by atoms with E-state index in [1.807, 2.05) is 45.0 Å². The highest BCUT2D eigenvalue weighted by Gasteiger charge is 2.26. The summed E-state index contributed by atoms with van der Waals surface area (Å²) in [5.74, 6) is -0.951. The lowest BCUT2D eigenvalue weighted by atomic mass is 9.90. The largest absolute Gasteiger partial charge is 0.478 e. The fourth-order valence-electron chi connectivity index (χ4n) is 1.81. The van der Waals surface area contributed by atoms with Crippen LogP contribution in [0.3, 0.4) is 0 Å². The van der Waals surface area contributed by atoms with Crippen LogP contribution in [-0.2, 0) is 5.41 Å². The van der Waals surface area contributed by atoms with E-state index in [9.17, 15) is 9.90 Å². The number of carbonyl (C=O) groups is 1. The zero-order valence-electron chi connectivity index (χ0n) is 11.0. The second-order valence-electron chi connectivity index (χ2n) is 5.37. The van der Waals surface area contributed by atoms with Gasteiger partial charge < -0.3 is 5.11 Å². The number of aromatic carboxylic acids is 1. The van der Waals surface area contributed by atoms with Crippen LogP contribution >= 0.6 is 15.9 Å². The van der Waals surface area contributed by atoms with Gasteiger partial charge in [-0.25, -0.2) is 9.48 Å². The number of hydrogen-bond donors (Lipinski definition) is 1. The molecule has 0 fully saturated rings. The van der Waals surface area contributed by atoms with Gasteiger partial charge in [0.25, 0.3) is 0 Å². The molecule has 1 N–H and O–H groups in total. The summed E-state index contributed by atoms with van der Waals surface area (Å²) in [5, 5.41) is 13.7. The third-order valence-electron chi connectivity index (χ3n) is 2.75. The third-order valence-corrected chi connectivity index (χ3v) is 3.27. The molecule has 0 spiro atoms. The van der Waals surface area contributed by atoms with Crippen molar-refractivity contribution in [2.24, 2.45) is 0 Å². The average Bonchev–Trinajstić information content (AvgIpc) is 2.74. The molecule has 0 bridgehead atoms. The Morgan fingerprint density at radius 1 is 1.26 bits per heavy atom. The second kappa shape index (κ2) is 4.81. The molecule has 0 aliphatic carbocycles. The number of halogens is 1. The van der Waals surface area contributed by atoms with Crippen molar-refractivity contribution >= 4 is 21.9 Å². The molecule has 0 unspecified atom stereocenters. The molecule has 2 aromatic rings. The average molecular weight is 323 g/mol. The molecule has 100 valence electrons. The molecular weight excluding hydrogens is 308 g/mol. The molecule has 0 aliphatic rings. The summed E-state index contributed by atoms with van der Waals surface area (Å²) in [7, 11) is 0. The Labute approximate surface area is 120 Å². The first kappa shape index (κ1) is 13.8. The van der Waals surface area contributed by atoms with E-state index in [1.165, 1.54) is 0 Å². The van der Waals surface area contributed by atoms with Gasteiger partial charge in [0.05, 0.1) is 11.4 Å². The smallest absolute Gasteiger partial charge is 0.339 e. The topological polar surface area (TPSA) is 55.1 Å². The highest BCUT2D eigenvalue weighted by molar-refractivity contribution is 9.10. The van der Waals surface area contributed by atoms with Crippen molar-refractivity contribution < 1.29 is 9.90 Å². The molecule has 0 saturated carbocycles. The summed E-state index contributed by atoms with van der Waals surface area (Å²) in [4.78, 5) is 11.3. The van der Waals surface area contributed by atoms with E-state index in [1.54, 1.807) is 10.9 Å². The molecule has 19 heavy (non-hydrogen) atoms. The predicted octanol–water partition coefficient (Wildman–Crippen LogP) is 3.63. The Bertz CT molecular complexity index is 609. The first-order valence-corrected chi connectivity index (χ1v) is 6.68. The number of benzene rings is 1. The monoisotopic (exact) mass is 322 g/mol. The van der Waals surface area contributed by atoms with Crippen LogP contribution in [0, 0.1) is 0 Å². The van der Waals surface area contributed by atoms with Crippen molar-refractivity contribution in [3.63, 3.8) is 0 Å². The molecule has 0 amide bonds. The summed E-state index contributed by atoms with van der Waals surface area (Å²) >= 11 is 3.37. The third kappa shape index (κ3) is 2.87. The Morgan fingerprint density at radius 2 is 1.84 bits per heavy atom. The maximum atomic E-state index is 11.3. The number of aromatic nitrogens is 2. The van der Waals surface area contributed by atoms with Crippen molar-refractivity contribution in [3.8, 4) is 5.69 Å². The van der Waals surface area contributed by atoms with Crippen molar-refractivity contribution in [2.45, 2.75) is 26.2 Å². The lowest BCUT2D eigenvalue weighted by Gasteiger charge is -2.15. The fraction of sp³-hybridized carbons (Fsp3) is 0.286. The van der Waals surface area contributed by atoms with Gasteiger partial charge in [-0.05, 0) is 24.3 Å². The van der Waals surface area contributed by atoms with E-state index >= 15 is 0 Å². The van der Waals surface area contributed by atoms with Crippen LogP contribution in [0.5, 0.6) is 0 Å². The van der Waals surface area contributed by atoms with Crippen LogP contribution < -0.4 is 0 Å². The van der Waals surface area contributed by atoms with Crippen molar-refractivity contribution in [2.75, 3.05) is 0 Å². The Morgan fingerprint density at radius 3 is 2.26 bits per heavy atom. The van der Waals surface area contributed by atoms with Gasteiger partial charge in [-0.15, -0.1) is 0 Å². The molecule has 2 rings (SSSR count). The molecule has 4 nitrogen and oxygen atoms in total. The van der Waals surface area contributed by atoms with Gasteiger partial charge in [0.2, 0.25) is 0 Å². The van der Waals surface area contributed by atoms with Gasteiger partial charge in [0.1, 0.15) is 5.56 Å². The number of carboxylic acids is 1. The Hall–Kier alpha value is -1.62. The van der Waals surface area contributed by atoms with Gasteiger partial charge >= 0.3 is 5.97 Å². The van der Waals surface area contributed by atoms with Crippen LogP contribution in [0.2, 0.25) is 0 Å². The van der Waals surface area contributed by atoms with Crippen molar-refractivity contribution in [3.05, 3.63) is 46.2 Å². The number of hydrogen-bond acceptors (Lipinski definition) is 2. The normalized spacial score (nSPS) is 11.6. The van der Waals surface area contributed by atoms with Crippen molar-refractivity contribution in [1.82, 2.24) is 9.78 Å². The number of carboxylic acid groups (broad SMARTS) is 1. The minimum Gasteiger partial charge on any atom is -0.478 e. The lowest BCUT2D eigenvalue weighted by molar-refractivity contribution is 0.0694. The second-order valence-corrected chi connectivity index (χ2v) is 6.28. The predicted molar refractivity (Wildman–Crippen MR) is 76.9 cm³/mol. The van der Waals surface area contributed by atoms with E-state index in [0.717, 1.165) is 10.2 Å². The molecular formula is C14H15BrN2O2. The van der Waals surface area contributed by atoms with E-state index in [2.05, 4.69) is 21.0 Å². The number of rotatable bonds is 2. The summed E-state index contributed by atoms with van der Waals surface area (Å²) in [6.07, 6.45) is 1.56. The molecule has 1 aromatic heterocycles. The van der Waals surface area contributed by atoms with Crippen molar-refractivity contribution in [1.29, 1.82) is 0 Å². The van der Waals surface area contributed by atoms with E-state index in [0.29, 0.717) is 5.69 Å². The molecule has 1 heterocycles. The maximum Gasteiger partial charge on any atom is 0.339 e. The molecule has 0 atom stereocenters. The van der Waals surface area contributed by atoms with Crippen LogP contribution in [0.4, 0.5) is 0 Å².